The zero-order valence-corrected chi connectivity index (χ0v) is 9.92. The van der Waals surface area contributed by atoms with Crippen LogP contribution in [0.2, 0.25) is 5.15 Å². The van der Waals surface area contributed by atoms with E-state index >= 15 is 0 Å². The Morgan fingerprint density at radius 3 is 2.60 bits per heavy atom. The van der Waals surface area contributed by atoms with Crippen molar-refractivity contribution in [1.82, 2.24) is 9.97 Å². The molecule has 1 rings (SSSR count). The molecule has 1 aromatic heterocycles. The molecule has 0 saturated heterocycles. The van der Waals surface area contributed by atoms with Gasteiger partial charge in [0, 0.05) is 12.4 Å². The number of nitrogens with zero attached hydrogens (tertiary/aromatic N) is 2. The Hall–Kier alpha value is -0.720. The normalized spacial score (nSPS) is 13.8. The summed E-state index contributed by atoms with van der Waals surface area (Å²) in [5, 5.41) is 0.149. The van der Waals surface area contributed by atoms with Gasteiger partial charge in [0.1, 0.15) is 11.8 Å². The predicted molar refractivity (Wildman–Crippen MR) is 56.0 cm³/mol. The van der Waals surface area contributed by atoms with Crippen molar-refractivity contribution in [3.63, 3.8) is 0 Å². The first-order valence-electron chi connectivity index (χ1n) is 4.33. The lowest BCUT2D eigenvalue weighted by Crippen LogP contribution is -2.13. The second-order valence-corrected chi connectivity index (χ2v) is 5.06. The molecular weight excluding hydrogens is 240 g/mol. The minimum Gasteiger partial charge on any atom is -0.260 e. The summed E-state index contributed by atoms with van der Waals surface area (Å²) >= 11 is 5.74. The maximum atomic E-state index is 11.2. The second kappa shape index (κ2) is 4.87. The lowest BCUT2D eigenvalue weighted by Gasteiger charge is -2.11. The van der Waals surface area contributed by atoms with Gasteiger partial charge >= 0.3 is 0 Å². The highest BCUT2D eigenvalue weighted by Crippen LogP contribution is 2.22. The van der Waals surface area contributed by atoms with Crippen LogP contribution in [0.15, 0.2) is 12.4 Å². The Bertz CT molecular complexity index is 435. The molecule has 0 saturated carbocycles. The first-order valence-corrected chi connectivity index (χ1v) is 6.29. The Labute approximate surface area is 93.6 Å². The third kappa shape index (κ3) is 3.40. The highest BCUT2D eigenvalue weighted by Gasteiger charge is 2.19. The number of hydrogen-bond acceptors (Lipinski definition) is 5. The molecule has 0 aromatic carbocycles. The Morgan fingerprint density at radius 2 is 2.07 bits per heavy atom. The zero-order chi connectivity index (χ0) is 11.5. The molecule has 0 spiro atoms. The molecule has 15 heavy (non-hydrogen) atoms. The van der Waals surface area contributed by atoms with Crippen LogP contribution in [0.1, 0.15) is 25.6 Å². The first kappa shape index (κ1) is 12.4. The standard InChI is InChI=1S/C8H11ClN2O3S/c1-3-15(12,13)14-6(2)7-8(9)11-5-4-10-7/h4-6H,3H2,1-2H3. The van der Waals surface area contributed by atoms with Crippen molar-refractivity contribution in [3.8, 4) is 0 Å². The summed E-state index contributed by atoms with van der Waals surface area (Å²) in [6.45, 7) is 3.06. The van der Waals surface area contributed by atoms with E-state index < -0.39 is 16.2 Å². The van der Waals surface area contributed by atoms with E-state index in [2.05, 4.69) is 9.97 Å². The molecule has 1 aromatic rings. The van der Waals surface area contributed by atoms with Crippen LogP contribution in [0, 0.1) is 0 Å². The monoisotopic (exact) mass is 250 g/mol. The van der Waals surface area contributed by atoms with Crippen molar-refractivity contribution >= 4 is 21.7 Å². The molecule has 0 aliphatic rings. The van der Waals surface area contributed by atoms with E-state index in [1.165, 1.54) is 19.3 Å². The van der Waals surface area contributed by atoms with Crippen LogP contribution < -0.4 is 0 Å². The van der Waals surface area contributed by atoms with Crippen molar-refractivity contribution in [2.45, 2.75) is 20.0 Å². The van der Waals surface area contributed by atoms with Gasteiger partial charge in [0.25, 0.3) is 10.1 Å². The predicted octanol–water partition coefficient (Wildman–Crippen LogP) is 1.56. The SMILES string of the molecule is CCS(=O)(=O)OC(C)c1nccnc1Cl. The molecule has 5 nitrogen and oxygen atoms in total. The third-order valence-corrected chi connectivity index (χ3v) is 3.29. The van der Waals surface area contributed by atoms with E-state index in [0.29, 0.717) is 5.69 Å². The molecule has 0 radical (unpaired) electrons. The van der Waals surface area contributed by atoms with Crippen LogP contribution in [0.4, 0.5) is 0 Å². The molecule has 1 atom stereocenters. The second-order valence-electron chi connectivity index (χ2n) is 2.82. The molecule has 0 bridgehead atoms. The van der Waals surface area contributed by atoms with Crippen molar-refractivity contribution < 1.29 is 12.6 Å². The minimum absolute atomic E-state index is 0.0881. The topological polar surface area (TPSA) is 69.2 Å². The van der Waals surface area contributed by atoms with Gasteiger partial charge in [-0.1, -0.05) is 11.6 Å². The maximum absolute atomic E-state index is 11.2. The van der Waals surface area contributed by atoms with Crippen LogP contribution in [-0.2, 0) is 14.3 Å². The van der Waals surface area contributed by atoms with Gasteiger partial charge in [0.2, 0.25) is 0 Å². The number of aromatic nitrogens is 2. The maximum Gasteiger partial charge on any atom is 0.267 e. The fourth-order valence-corrected chi connectivity index (χ4v) is 1.86. The highest BCUT2D eigenvalue weighted by molar-refractivity contribution is 7.86. The molecule has 1 unspecified atom stereocenters. The Morgan fingerprint density at radius 1 is 1.47 bits per heavy atom. The third-order valence-electron chi connectivity index (χ3n) is 1.71. The summed E-state index contributed by atoms with van der Waals surface area (Å²) in [6, 6.07) is 0. The van der Waals surface area contributed by atoms with Crippen molar-refractivity contribution in [2.75, 3.05) is 5.75 Å². The van der Waals surface area contributed by atoms with Crippen molar-refractivity contribution in [2.24, 2.45) is 0 Å². The average molecular weight is 251 g/mol. The van der Waals surface area contributed by atoms with Crippen LogP contribution in [0.3, 0.4) is 0 Å². The number of rotatable bonds is 4. The van der Waals surface area contributed by atoms with Crippen LogP contribution in [-0.4, -0.2) is 24.1 Å². The molecular formula is C8H11ClN2O3S. The first-order chi connectivity index (χ1) is 6.96. The Balaban J connectivity index is 2.87. The molecule has 0 aliphatic heterocycles. The summed E-state index contributed by atoms with van der Waals surface area (Å²) in [5.41, 5.74) is 0.316. The van der Waals surface area contributed by atoms with Crippen LogP contribution >= 0.6 is 11.6 Å². The number of hydrogen-bond donors (Lipinski definition) is 0. The summed E-state index contributed by atoms with van der Waals surface area (Å²) in [4.78, 5) is 7.70. The average Bonchev–Trinajstić information content (AvgIpc) is 2.17. The largest absolute Gasteiger partial charge is 0.267 e. The van der Waals surface area contributed by atoms with Gasteiger partial charge in [-0.15, -0.1) is 0 Å². The van der Waals surface area contributed by atoms with Gasteiger partial charge in [0.15, 0.2) is 5.15 Å². The molecule has 0 N–H and O–H groups in total. The molecule has 84 valence electrons. The summed E-state index contributed by atoms with van der Waals surface area (Å²) in [7, 11) is -3.51. The van der Waals surface area contributed by atoms with Gasteiger partial charge in [-0.05, 0) is 13.8 Å². The van der Waals surface area contributed by atoms with E-state index in [1.807, 2.05) is 0 Å². The fraction of sp³-hybridized carbons (Fsp3) is 0.500. The Kier molecular flexibility index (Phi) is 4.01. The summed E-state index contributed by atoms with van der Waals surface area (Å²) < 4.78 is 27.2. The van der Waals surface area contributed by atoms with Gasteiger partial charge in [-0.3, -0.25) is 9.17 Å². The summed E-state index contributed by atoms with van der Waals surface area (Å²) in [6.07, 6.45) is 2.13. The van der Waals surface area contributed by atoms with Gasteiger partial charge in [-0.2, -0.15) is 8.42 Å². The minimum atomic E-state index is -3.51. The molecule has 1 heterocycles. The van der Waals surface area contributed by atoms with Crippen molar-refractivity contribution in [1.29, 1.82) is 0 Å². The van der Waals surface area contributed by atoms with E-state index in [9.17, 15) is 8.42 Å². The van der Waals surface area contributed by atoms with E-state index in [0.717, 1.165) is 0 Å². The molecule has 0 fully saturated rings. The van der Waals surface area contributed by atoms with E-state index in [1.54, 1.807) is 6.92 Å². The zero-order valence-electron chi connectivity index (χ0n) is 8.34. The van der Waals surface area contributed by atoms with Crippen molar-refractivity contribution in [3.05, 3.63) is 23.2 Å². The van der Waals surface area contributed by atoms with Gasteiger partial charge in [-0.25, -0.2) is 4.98 Å². The lowest BCUT2D eigenvalue weighted by atomic mass is 10.3. The highest BCUT2D eigenvalue weighted by atomic mass is 35.5. The molecule has 0 aliphatic carbocycles. The van der Waals surface area contributed by atoms with Gasteiger partial charge in [0.05, 0.1) is 5.75 Å². The van der Waals surface area contributed by atoms with E-state index in [-0.39, 0.29) is 10.9 Å². The quantitative estimate of drug-likeness (QED) is 0.759. The lowest BCUT2D eigenvalue weighted by molar-refractivity contribution is 0.229. The molecule has 7 heteroatoms. The fourth-order valence-electron chi connectivity index (χ4n) is 0.938. The summed E-state index contributed by atoms with van der Waals surface area (Å²) in [5.74, 6) is -0.0881. The number of halogens is 1. The van der Waals surface area contributed by atoms with E-state index in [4.69, 9.17) is 15.8 Å². The van der Waals surface area contributed by atoms with Gasteiger partial charge < -0.3 is 0 Å². The molecule has 0 amide bonds. The smallest absolute Gasteiger partial charge is 0.260 e. The van der Waals surface area contributed by atoms with Crippen LogP contribution in [0.25, 0.3) is 0 Å². The van der Waals surface area contributed by atoms with Crippen LogP contribution in [0.5, 0.6) is 0 Å².